The Kier molecular flexibility index (Phi) is 6.08. The number of amides is 1. The van der Waals surface area contributed by atoms with E-state index in [-0.39, 0.29) is 11.9 Å². The van der Waals surface area contributed by atoms with Crippen molar-refractivity contribution in [1.29, 1.82) is 0 Å². The van der Waals surface area contributed by atoms with Gasteiger partial charge in [0.25, 0.3) is 5.91 Å². The number of sulfonamides is 1. The molecular formula is C20H26N2O3S. The van der Waals surface area contributed by atoms with Crippen LogP contribution in [-0.2, 0) is 10.0 Å². The van der Waals surface area contributed by atoms with Gasteiger partial charge in [0.05, 0.1) is 18.0 Å². The molecule has 0 unspecified atom stereocenters. The Bertz CT molecular complexity index is 907. The van der Waals surface area contributed by atoms with E-state index in [1.54, 1.807) is 24.3 Å². The smallest absolute Gasteiger partial charge is 0.251 e. The standard InChI is InChI=1S/C20H26N2O3S/c1-6-19(18-11-10-14(2)12-15(18)3)21-20(23)16-8-7-9-17(13-16)22(4)26(5,24)25/h7-13,19H,6H2,1-5H3,(H,21,23)/t19-/m0/s1. The first kappa shape index (κ1) is 20.0. The van der Waals surface area contributed by atoms with E-state index in [9.17, 15) is 13.2 Å². The number of carbonyl (C=O) groups is 1. The second-order valence-corrected chi connectivity index (χ2v) is 8.59. The SMILES string of the molecule is CC[C@H](NC(=O)c1cccc(N(C)S(C)(=O)=O)c1)c1ccc(C)cc1C. The van der Waals surface area contributed by atoms with Crippen LogP contribution in [0.4, 0.5) is 5.69 Å². The van der Waals surface area contributed by atoms with Crippen molar-refractivity contribution in [2.75, 3.05) is 17.6 Å². The first-order valence-electron chi connectivity index (χ1n) is 8.55. The highest BCUT2D eigenvalue weighted by Gasteiger charge is 2.18. The van der Waals surface area contributed by atoms with E-state index in [2.05, 4.69) is 11.4 Å². The zero-order valence-electron chi connectivity index (χ0n) is 15.9. The van der Waals surface area contributed by atoms with Crippen LogP contribution in [0.15, 0.2) is 42.5 Å². The third-order valence-corrected chi connectivity index (χ3v) is 5.69. The second-order valence-electron chi connectivity index (χ2n) is 6.58. The van der Waals surface area contributed by atoms with E-state index >= 15 is 0 Å². The molecule has 1 amide bonds. The summed E-state index contributed by atoms with van der Waals surface area (Å²) in [5, 5.41) is 3.06. The first-order valence-corrected chi connectivity index (χ1v) is 10.4. The van der Waals surface area contributed by atoms with Gasteiger partial charge in [0.15, 0.2) is 0 Å². The van der Waals surface area contributed by atoms with Crippen molar-refractivity contribution in [3.05, 3.63) is 64.7 Å². The van der Waals surface area contributed by atoms with E-state index in [4.69, 9.17) is 0 Å². The summed E-state index contributed by atoms with van der Waals surface area (Å²) in [5.41, 5.74) is 4.31. The van der Waals surface area contributed by atoms with Gasteiger partial charge in [0.2, 0.25) is 10.0 Å². The predicted molar refractivity (Wildman–Crippen MR) is 106 cm³/mol. The minimum atomic E-state index is -3.38. The molecule has 0 aliphatic carbocycles. The largest absolute Gasteiger partial charge is 0.345 e. The minimum absolute atomic E-state index is 0.0978. The van der Waals surface area contributed by atoms with Gasteiger partial charge in [-0.2, -0.15) is 0 Å². The van der Waals surface area contributed by atoms with Gasteiger partial charge in [-0.3, -0.25) is 9.10 Å². The molecule has 6 heteroatoms. The van der Waals surface area contributed by atoms with Crippen LogP contribution in [0.5, 0.6) is 0 Å². The van der Waals surface area contributed by atoms with Crippen molar-refractivity contribution in [3.8, 4) is 0 Å². The zero-order valence-corrected chi connectivity index (χ0v) is 16.7. The lowest BCUT2D eigenvalue weighted by atomic mass is 9.97. The number of nitrogens with one attached hydrogen (secondary N) is 1. The quantitative estimate of drug-likeness (QED) is 0.840. The topological polar surface area (TPSA) is 66.5 Å². The molecule has 0 spiro atoms. The van der Waals surface area contributed by atoms with Gasteiger partial charge < -0.3 is 5.32 Å². The molecule has 0 heterocycles. The molecule has 0 fully saturated rings. The van der Waals surface area contributed by atoms with Gasteiger partial charge >= 0.3 is 0 Å². The fourth-order valence-corrected chi connectivity index (χ4v) is 3.39. The summed E-state index contributed by atoms with van der Waals surface area (Å²) in [7, 11) is -1.91. The highest BCUT2D eigenvalue weighted by molar-refractivity contribution is 7.92. The number of benzene rings is 2. The summed E-state index contributed by atoms with van der Waals surface area (Å²) in [5.74, 6) is -0.222. The lowest BCUT2D eigenvalue weighted by Gasteiger charge is -2.21. The van der Waals surface area contributed by atoms with Crippen LogP contribution in [0, 0.1) is 13.8 Å². The molecule has 2 aromatic carbocycles. The van der Waals surface area contributed by atoms with Gasteiger partial charge in [0.1, 0.15) is 0 Å². The Morgan fingerprint density at radius 3 is 2.42 bits per heavy atom. The van der Waals surface area contributed by atoms with Crippen LogP contribution < -0.4 is 9.62 Å². The second kappa shape index (κ2) is 7.91. The molecule has 0 radical (unpaired) electrons. The molecule has 0 saturated carbocycles. The highest BCUT2D eigenvalue weighted by Crippen LogP contribution is 2.23. The van der Waals surface area contributed by atoms with Crippen molar-refractivity contribution in [2.45, 2.75) is 33.2 Å². The van der Waals surface area contributed by atoms with Gasteiger partial charge in [-0.25, -0.2) is 8.42 Å². The molecule has 0 saturated heterocycles. The zero-order chi connectivity index (χ0) is 19.5. The third-order valence-electron chi connectivity index (χ3n) is 4.48. The molecular weight excluding hydrogens is 348 g/mol. The van der Waals surface area contributed by atoms with Crippen molar-refractivity contribution in [1.82, 2.24) is 5.32 Å². The number of hydrogen-bond donors (Lipinski definition) is 1. The average Bonchev–Trinajstić information content (AvgIpc) is 2.58. The summed E-state index contributed by atoms with van der Waals surface area (Å²) in [6, 6.07) is 12.7. The van der Waals surface area contributed by atoms with Gasteiger partial charge in [-0.1, -0.05) is 36.8 Å². The number of anilines is 1. The summed E-state index contributed by atoms with van der Waals surface area (Å²) < 4.78 is 24.6. The van der Waals surface area contributed by atoms with Crippen molar-refractivity contribution in [2.24, 2.45) is 0 Å². The maximum absolute atomic E-state index is 12.7. The van der Waals surface area contributed by atoms with E-state index in [1.807, 2.05) is 32.9 Å². The Hall–Kier alpha value is -2.34. The van der Waals surface area contributed by atoms with E-state index in [0.717, 1.165) is 28.1 Å². The molecule has 1 atom stereocenters. The van der Waals surface area contributed by atoms with Crippen LogP contribution in [0.3, 0.4) is 0 Å². The van der Waals surface area contributed by atoms with Crippen molar-refractivity contribution >= 4 is 21.6 Å². The van der Waals surface area contributed by atoms with Crippen LogP contribution in [0.25, 0.3) is 0 Å². The van der Waals surface area contributed by atoms with E-state index in [0.29, 0.717) is 11.3 Å². The fourth-order valence-electron chi connectivity index (χ4n) is 2.89. The maximum atomic E-state index is 12.7. The lowest BCUT2D eigenvalue weighted by molar-refractivity contribution is 0.0935. The van der Waals surface area contributed by atoms with E-state index < -0.39 is 10.0 Å². The Morgan fingerprint density at radius 1 is 1.15 bits per heavy atom. The molecule has 1 N–H and O–H groups in total. The van der Waals surface area contributed by atoms with Gasteiger partial charge in [-0.05, 0) is 49.6 Å². The lowest BCUT2D eigenvalue weighted by Crippen LogP contribution is -2.29. The first-order chi connectivity index (χ1) is 12.1. The molecule has 0 aromatic heterocycles. The third kappa shape index (κ3) is 4.64. The summed E-state index contributed by atoms with van der Waals surface area (Å²) in [4.78, 5) is 12.7. The minimum Gasteiger partial charge on any atom is -0.345 e. The number of aryl methyl sites for hydroxylation is 2. The molecule has 140 valence electrons. The molecule has 5 nitrogen and oxygen atoms in total. The summed E-state index contributed by atoms with van der Waals surface area (Å²) in [6.07, 6.45) is 1.89. The molecule has 0 bridgehead atoms. The molecule has 26 heavy (non-hydrogen) atoms. The number of nitrogens with zero attached hydrogens (tertiary/aromatic N) is 1. The van der Waals surface area contributed by atoms with Crippen LogP contribution in [-0.4, -0.2) is 27.6 Å². The van der Waals surface area contributed by atoms with Crippen LogP contribution in [0.1, 0.15) is 46.4 Å². The maximum Gasteiger partial charge on any atom is 0.251 e. The monoisotopic (exact) mass is 374 g/mol. The molecule has 0 aliphatic heterocycles. The fraction of sp³-hybridized carbons (Fsp3) is 0.350. The molecule has 2 rings (SSSR count). The van der Waals surface area contributed by atoms with Crippen LogP contribution >= 0.6 is 0 Å². The van der Waals surface area contributed by atoms with Gasteiger partial charge in [0, 0.05) is 12.6 Å². The predicted octanol–water partition coefficient (Wildman–Crippen LogP) is 3.58. The Morgan fingerprint density at radius 2 is 1.85 bits per heavy atom. The average molecular weight is 375 g/mol. The summed E-state index contributed by atoms with van der Waals surface area (Å²) >= 11 is 0. The normalized spacial score (nSPS) is 12.5. The summed E-state index contributed by atoms with van der Waals surface area (Å²) in [6.45, 7) is 6.11. The van der Waals surface area contributed by atoms with Crippen molar-refractivity contribution < 1.29 is 13.2 Å². The number of carbonyl (C=O) groups excluding carboxylic acids is 1. The number of hydrogen-bond acceptors (Lipinski definition) is 3. The van der Waals surface area contributed by atoms with Crippen molar-refractivity contribution in [3.63, 3.8) is 0 Å². The molecule has 2 aromatic rings. The van der Waals surface area contributed by atoms with Crippen LogP contribution in [0.2, 0.25) is 0 Å². The number of rotatable bonds is 6. The van der Waals surface area contributed by atoms with E-state index in [1.165, 1.54) is 12.6 Å². The Balaban J connectivity index is 2.26. The van der Waals surface area contributed by atoms with Gasteiger partial charge in [-0.15, -0.1) is 0 Å². The molecule has 0 aliphatic rings. The highest BCUT2D eigenvalue weighted by atomic mass is 32.2. The Labute approximate surface area is 156 Å².